The van der Waals surface area contributed by atoms with Gasteiger partial charge >= 0.3 is 0 Å². The molecule has 1 unspecified atom stereocenters. The fraction of sp³-hybridized carbons (Fsp3) is 0.333. The zero-order valence-corrected chi connectivity index (χ0v) is 13.0. The van der Waals surface area contributed by atoms with Crippen molar-refractivity contribution in [2.24, 2.45) is 0 Å². The molecule has 2 N–H and O–H groups in total. The maximum atomic E-state index is 6.14. The van der Waals surface area contributed by atoms with Gasteiger partial charge in [0, 0.05) is 24.1 Å². The van der Waals surface area contributed by atoms with Crippen molar-refractivity contribution < 1.29 is 9.47 Å². The number of nitrogens with zero attached hydrogens (tertiary/aromatic N) is 1. The van der Waals surface area contributed by atoms with E-state index in [1.807, 2.05) is 13.1 Å². The quantitative estimate of drug-likeness (QED) is 0.856. The first-order valence-electron chi connectivity index (χ1n) is 6.36. The fourth-order valence-electron chi connectivity index (χ4n) is 2.12. The van der Waals surface area contributed by atoms with Crippen molar-refractivity contribution in [3.63, 3.8) is 0 Å². The molecule has 1 atom stereocenters. The van der Waals surface area contributed by atoms with Gasteiger partial charge in [0.25, 0.3) is 0 Å². The first-order valence-corrected chi connectivity index (χ1v) is 7.24. The van der Waals surface area contributed by atoms with Crippen molar-refractivity contribution in [1.29, 1.82) is 0 Å². The van der Waals surface area contributed by atoms with E-state index < -0.39 is 0 Å². The second-order valence-electron chi connectivity index (χ2n) is 4.57. The van der Waals surface area contributed by atoms with Crippen LogP contribution in [0, 0.1) is 0 Å². The van der Waals surface area contributed by atoms with Crippen molar-refractivity contribution in [1.82, 2.24) is 0 Å². The average molecular weight is 292 g/mol. The van der Waals surface area contributed by atoms with Gasteiger partial charge in [-0.15, -0.1) is 11.3 Å². The third kappa shape index (κ3) is 2.67. The molecular formula is C15H20N2O2S. The zero-order valence-electron chi connectivity index (χ0n) is 12.2. The van der Waals surface area contributed by atoms with Crippen LogP contribution in [0.4, 0.5) is 11.4 Å². The van der Waals surface area contributed by atoms with E-state index in [-0.39, 0.29) is 6.04 Å². The fourth-order valence-corrected chi connectivity index (χ4v) is 2.94. The lowest BCUT2D eigenvalue weighted by Crippen LogP contribution is -2.22. The molecule has 0 spiro atoms. The normalized spacial score (nSPS) is 12.0. The summed E-state index contributed by atoms with van der Waals surface area (Å²) < 4.78 is 10.6. The van der Waals surface area contributed by atoms with E-state index >= 15 is 0 Å². The van der Waals surface area contributed by atoms with Gasteiger partial charge in [0.1, 0.15) is 0 Å². The van der Waals surface area contributed by atoms with Gasteiger partial charge in [0.2, 0.25) is 0 Å². The Labute approximate surface area is 123 Å². The van der Waals surface area contributed by atoms with Crippen LogP contribution in [0.3, 0.4) is 0 Å². The van der Waals surface area contributed by atoms with E-state index in [4.69, 9.17) is 15.2 Å². The van der Waals surface area contributed by atoms with Gasteiger partial charge < -0.3 is 20.1 Å². The first-order chi connectivity index (χ1) is 9.58. The number of hydrogen-bond acceptors (Lipinski definition) is 5. The summed E-state index contributed by atoms with van der Waals surface area (Å²) in [5, 5.41) is 2.08. The topological polar surface area (TPSA) is 47.7 Å². The number of rotatable bonds is 5. The predicted molar refractivity (Wildman–Crippen MR) is 85.1 cm³/mol. The summed E-state index contributed by atoms with van der Waals surface area (Å²) in [5.41, 5.74) is 7.75. The molecule has 5 heteroatoms. The van der Waals surface area contributed by atoms with E-state index in [0.29, 0.717) is 17.2 Å². The van der Waals surface area contributed by atoms with E-state index in [1.54, 1.807) is 31.6 Å². The second-order valence-corrected chi connectivity index (χ2v) is 5.55. The van der Waals surface area contributed by atoms with E-state index in [1.165, 1.54) is 4.88 Å². The van der Waals surface area contributed by atoms with Gasteiger partial charge in [-0.3, -0.25) is 0 Å². The lowest BCUT2D eigenvalue weighted by molar-refractivity contribution is 0.355. The van der Waals surface area contributed by atoms with Gasteiger partial charge in [-0.1, -0.05) is 6.07 Å². The van der Waals surface area contributed by atoms with Gasteiger partial charge in [0.15, 0.2) is 11.5 Å². The molecule has 0 amide bonds. The lowest BCUT2D eigenvalue weighted by atomic mass is 10.1. The first kappa shape index (κ1) is 14.5. The molecule has 108 valence electrons. The molecule has 4 nitrogen and oxygen atoms in total. The smallest absolute Gasteiger partial charge is 0.162 e. The molecule has 0 aliphatic carbocycles. The Morgan fingerprint density at radius 3 is 2.40 bits per heavy atom. The molecule has 0 fully saturated rings. The minimum absolute atomic E-state index is 0.246. The highest BCUT2D eigenvalue weighted by Crippen LogP contribution is 2.39. The van der Waals surface area contributed by atoms with E-state index in [9.17, 15) is 0 Å². The number of nitrogen functional groups attached to an aromatic ring is 1. The summed E-state index contributed by atoms with van der Waals surface area (Å²) in [6.07, 6.45) is 0. The molecule has 0 aliphatic rings. The van der Waals surface area contributed by atoms with Crippen LogP contribution in [-0.4, -0.2) is 21.3 Å². The Balaban J connectivity index is 2.36. The van der Waals surface area contributed by atoms with Crippen LogP contribution in [0.25, 0.3) is 0 Å². The Hall–Kier alpha value is -1.88. The van der Waals surface area contributed by atoms with Gasteiger partial charge in [-0.25, -0.2) is 0 Å². The highest BCUT2D eigenvalue weighted by Gasteiger charge is 2.18. The maximum Gasteiger partial charge on any atom is 0.162 e. The highest BCUT2D eigenvalue weighted by atomic mass is 32.1. The average Bonchev–Trinajstić information content (AvgIpc) is 2.99. The Bertz CT molecular complexity index is 570. The number of methoxy groups -OCH3 is 2. The Kier molecular flexibility index (Phi) is 4.39. The van der Waals surface area contributed by atoms with Crippen molar-refractivity contribution >= 4 is 22.7 Å². The summed E-state index contributed by atoms with van der Waals surface area (Å²) in [6, 6.07) is 8.14. The number of benzene rings is 1. The van der Waals surface area contributed by atoms with Crippen LogP contribution < -0.4 is 20.1 Å². The molecule has 0 radical (unpaired) electrons. The van der Waals surface area contributed by atoms with Gasteiger partial charge in [-0.2, -0.15) is 0 Å². The number of thiophene rings is 1. The van der Waals surface area contributed by atoms with Crippen LogP contribution in [0.5, 0.6) is 11.5 Å². The molecule has 2 rings (SSSR count). The van der Waals surface area contributed by atoms with Crippen molar-refractivity contribution in [3.05, 3.63) is 34.5 Å². The van der Waals surface area contributed by atoms with Crippen molar-refractivity contribution in [2.45, 2.75) is 13.0 Å². The van der Waals surface area contributed by atoms with Crippen LogP contribution in [0.15, 0.2) is 29.6 Å². The van der Waals surface area contributed by atoms with Crippen LogP contribution in [0.1, 0.15) is 17.8 Å². The molecule has 20 heavy (non-hydrogen) atoms. The molecule has 2 aromatic rings. The SMILES string of the molecule is COc1cc(N)c(N(C)C(C)c2cccs2)cc1OC. The largest absolute Gasteiger partial charge is 0.493 e. The zero-order chi connectivity index (χ0) is 14.7. The monoisotopic (exact) mass is 292 g/mol. The maximum absolute atomic E-state index is 6.14. The van der Waals surface area contributed by atoms with E-state index in [2.05, 4.69) is 29.3 Å². The summed E-state index contributed by atoms with van der Waals surface area (Å²) in [5.74, 6) is 1.33. The second kappa shape index (κ2) is 6.05. The van der Waals surface area contributed by atoms with Gasteiger partial charge in [0.05, 0.1) is 31.6 Å². The molecule has 1 heterocycles. The predicted octanol–water partition coefficient (Wildman–Crippen LogP) is 3.54. The van der Waals surface area contributed by atoms with Crippen LogP contribution in [0.2, 0.25) is 0 Å². The summed E-state index contributed by atoms with van der Waals surface area (Å²) in [7, 11) is 5.26. The van der Waals surface area contributed by atoms with Crippen molar-refractivity contribution in [2.75, 3.05) is 31.9 Å². The number of nitrogens with two attached hydrogens (primary N) is 1. The minimum Gasteiger partial charge on any atom is -0.493 e. The van der Waals surface area contributed by atoms with Crippen LogP contribution >= 0.6 is 11.3 Å². The third-order valence-corrected chi connectivity index (χ3v) is 4.49. The highest BCUT2D eigenvalue weighted by molar-refractivity contribution is 7.10. The number of anilines is 2. The summed E-state index contributed by atoms with van der Waals surface area (Å²) in [4.78, 5) is 3.44. The minimum atomic E-state index is 0.246. The molecule has 0 saturated heterocycles. The third-order valence-electron chi connectivity index (χ3n) is 3.45. The Morgan fingerprint density at radius 2 is 1.85 bits per heavy atom. The molecule has 1 aromatic heterocycles. The van der Waals surface area contributed by atoms with Crippen LogP contribution in [-0.2, 0) is 0 Å². The Morgan fingerprint density at radius 1 is 1.20 bits per heavy atom. The molecule has 0 aliphatic heterocycles. The van der Waals surface area contributed by atoms with E-state index in [0.717, 1.165) is 5.69 Å². The van der Waals surface area contributed by atoms with Crippen molar-refractivity contribution in [3.8, 4) is 11.5 Å². The summed E-state index contributed by atoms with van der Waals surface area (Å²) >= 11 is 1.74. The van der Waals surface area contributed by atoms with Gasteiger partial charge in [-0.05, 0) is 18.4 Å². The standard InChI is InChI=1S/C15H20N2O2S/c1-10(15-6-5-7-20-15)17(2)12-9-14(19-4)13(18-3)8-11(12)16/h5-10H,16H2,1-4H3. The lowest BCUT2D eigenvalue weighted by Gasteiger charge is -2.28. The molecule has 0 bridgehead atoms. The number of hydrogen-bond donors (Lipinski definition) is 1. The summed E-state index contributed by atoms with van der Waals surface area (Å²) in [6.45, 7) is 2.15. The number of ether oxygens (including phenoxy) is 2. The molecule has 1 aromatic carbocycles. The molecular weight excluding hydrogens is 272 g/mol. The molecule has 0 saturated carbocycles.